The number of hydrogen-bond donors (Lipinski definition) is 1. The van der Waals surface area contributed by atoms with Crippen molar-refractivity contribution >= 4 is 40.0 Å². The van der Waals surface area contributed by atoms with Gasteiger partial charge in [-0.05, 0) is 86.6 Å². The van der Waals surface area contributed by atoms with E-state index in [0.717, 1.165) is 11.1 Å². The van der Waals surface area contributed by atoms with Crippen molar-refractivity contribution in [1.82, 2.24) is 19.5 Å². The van der Waals surface area contributed by atoms with Crippen LogP contribution in [0.4, 0.5) is 0 Å². The first kappa shape index (κ1) is 33.0. The van der Waals surface area contributed by atoms with Crippen LogP contribution in [0.5, 0.6) is 0 Å². The minimum Gasteiger partial charge on any atom is -0.467 e. The lowest BCUT2D eigenvalue weighted by Crippen LogP contribution is -2.24. The van der Waals surface area contributed by atoms with Gasteiger partial charge in [-0.3, -0.25) is 0 Å². The number of rotatable bonds is 4. The monoisotopic (exact) mass is 566 g/mol. The van der Waals surface area contributed by atoms with Gasteiger partial charge in [-0.15, -0.1) is 0 Å². The first-order chi connectivity index (χ1) is 18.6. The van der Waals surface area contributed by atoms with Crippen LogP contribution < -0.4 is 0 Å². The quantitative estimate of drug-likeness (QED) is 0.219. The van der Waals surface area contributed by atoms with Gasteiger partial charge in [0.2, 0.25) is 0 Å². The molecule has 0 aliphatic heterocycles. The van der Waals surface area contributed by atoms with Gasteiger partial charge < -0.3 is 23.8 Å². The van der Waals surface area contributed by atoms with Crippen molar-refractivity contribution in [2.75, 3.05) is 7.11 Å². The number of nitrogens with one attached hydrogen (secondary N) is 1. The maximum atomic E-state index is 12.6. The number of aromatic nitrogens is 4. The summed E-state index contributed by atoms with van der Waals surface area (Å²) in [5.74, 6) is -1.13. The minimum atomic E-state index is -0.603. The maximum Gasteiger partial charge on any atom is 0.341 e. The van der Waals surface area contributed by atoms with Crippen molar-refractivity contribution in [2.45, 2.75) is 87.0 Å². The van der Waals surface area contributed by atoms with Crippen LogP contribution in [-0.2, 0) is 19.0 Å². The highest BCUT2D eigenvalue weighted by Crippen LogP contribution is 2.30. The number of fused-ring (bicyclic) bond motifs is 2. The molecule has 10 nitrogen and oxygen atoms in total. The number of H-pyrrole nitrogens is 1. The topological polar surface area (TPSA) is 125 Å². The Bertz CT molecular complexity index is 1550. The molecule has 4 aromatic rings. The first-order valence-corrected chi connectivity index (χ1v) is 13.0. The zero-order valence-electron chi connectivity index (χ0n) is 24.8. The average Bonchev–Trinajstić information content (AvgIpc) is 3.33. The Balaban J connectivity index is 0.000000292. The molecule has 222 valence electrons. The molecular weight excluding hydrogens is 524 g/mol. The van der Waals surface area contributed by atoms with Crippen molar-refractivity contribution in [3.63, 3.8) is 0 Å². The van der Waals surface area contributed by atoms with Gasteiger partial charge in [0.05, 0.1) is 18.2 Å². The Kier molecular flexibility index (Phi) is 10.1. The van der Waals surface area contributed by atoms with Gasteiger partial charge >= 0.3 is 17.9 Å². The Labute approximate surface area is 241 Å². The van der Waals surface area contributed by atoms with E-state index in [2.05, 4.69) is 15.0 Å². The van der Waals surface area contributed by atoms with Crippen molar-refractivity contribution in [3.8, 4) is 0 Å². The Hall–Kier alpha value is -4.21. The highest BCUT2D eigenvalue weighted by Gasteiger charge is 2.29. The molecule has 1 N–H and O–H groups in total. The summed E-state index contributed by atoms with van der Waals surface area (Å²) in [6.07, 6.45) is 3.32. The van der Waals surface area contributed by atoms with Gasteiger partial charge in [0.25, 0.3) is 0 Å². The van der Waals surface area contributed by atoms with Crippen LogP contribution >= 0.6 is 0 Å². The number of carbonyl (C=O) groups is 3. The molecule has 4 heterocycles. The molecule has 0 aliphatic carbocycles. The van der Waals surface area contributed by atoms with Crippen molar-refractivity contribution in [2.24, 2.45) is 0 Å². The van der Waals surface area contributed by atoms with Gasteiger partial charge in [-0.1, -0.05) is 7.43 Å². The molecule has 0 aromatic carbocycles. The molecule has 1 atom stereocenters. The maximum absolute atomic E-state index is 12.6. The summed E-state index contributed by atoms with van der Waals surface area (Å²) >= 11 is 0. The SMILES string of the molecule is C.COC(=O)C(C)n1c(C)c(C(=O)OC(C)(C)C)c2cccnc21.Cc1[nH]c2ncccc2c1C(=O)OC(C)(C)C. The van der Waals surface area contributed by atoms with Crippen LogP contribution in [0.2, 0.25) is 0 Å². The Morgan fingerprint density at radius 2 is 1.37 bits per heavy atom. The highest BCUT2D eigenvalue weighted by atomic mass is 16.6. The molecule has 0 radical (unpaired) electrons. The molecule has 0 fully saturated rings. The Morgan fingerprint density at radius 1 is 0.854 bits per heavy atom. The lowest BCUT2D eigenvalue weighted by Gasteiger charge is -2.20. The molecule has 4 aromatic heterocycles. The van der Waals surface area contributed by atoms with Gasteiger partial charge in [0.15, 0.2) is 0 Å². The summed E-state index contributed by atoms with van der Waals surface area (Å²) in [4.78, 5) is 48.2. The third-order valence-corrected chi connectivity index (χ3v) is 5.90. The van der Waals surface area contributed by atoms with E-state index in [0.29, 0.717) is 33.5 Å². The van der Waals surface area contributed by atoms with E-state index in [4.69, 9.17) is 14.2 Å². The summed E-state index contributed by atoms with van der Waals surface area (Å²) in [6, 6.07) is 6.64. The molecule has 0 amide bonds. The van der Waals surface area contributed by atoms with E-state index < -0.39 is 29.2 Å². The van der Waals surface area contributed by atoms with E-state index in [1.54, 1.807) is 42.9 Å². The van der Waals surface area contributed by atoms with Crippen molar-refractivity contribution in [3.05, 3.63) is 59.2 Å². The van der Waals surface area contributed by atoms with Gasteiger partial charge in [0, 0.05) is 34.6 Å². The van der Waals surface area contributed by atoms with Crippen LogP contribution in [0.15, 0.2) is 36.7 Å². The summed E-state index contributed by atoms with van der Waals surface area (Å²) in [7, 11) is 1.34. The second kappa shape index (κ2) is 12.5. The molecule has 10 heteroatoms. The third kappa shape index (κ3) is 7.50. The first-order valence-electron chi connectivity index (χ1n) is 13.0. The predicted molar refractivity (Wildman–Crippen MR) is 159 cm³/mol. The summed E-state index contributed by atoms with van der Waals surface area (Å²) in [5, 5.41) is 1.47. The molecule has 0 aliphatic rings. The molecule has 0 bridgehead atoms. The second-order valence-electron chi connectivity index (χ2n) is 11.4. The van der Waals surface area contributed by atoms with Gasteiger partial charge in [0.1, 0.15) is 28.5 Å². The molecule has 0 saturated carbocycles. The van der Waals surface area contributed by atoms with Gasteiger partial charge in [-0.25, -0.2) is 24.4 Å². The second-order valence-corrected chi connectivity index (χ2v) is 11.4. The van der Waals surface area contributed by atoms with E-state index >= 15 is 0 Å². The van der Waals surface area contributed by atoms with Crippen LogP contribution in [0.25, 0.3) is 22.1 Å². The lowest BCUT2D eigenvalue weighted by molar-refractivity contribution is -0.144. The number of aromatic amines is 1. The Morgan fingerprint density at radius 3 is 1.90 bits per heavy atom. The van der Waals surface area contributed by atoms with Crippen molar-refractivity contribution < 1.29 is 28.6 Å². The summed E-state index contributed by atoms with van der Waals surface area (Å²) in [5.41, 5.74) is 2.60. The normalized spacial score (nSPS) is 12.1. The number of pyridine rings is 2. The fourth-order valence-electron chi connectivity index (χ4n) is 4.34. The molecule has 1 unspecified atom stereocenters. The number of nitrogens with zero attached hydrogens (tertiary/aromatic N) is 3. The number of esters is 3. The molecule has 41 heavy (non-hydrogen) atoms. The molecular formula is C31H42N4O6. The van der Waals surface area contributed by atoms with Crippen LogP contribution in [-0.4, -0.2) is 55.7 Å². The van der Waals surface area contributed by atoms with Crippen LogP contribution in [0.1, 0.15) is 94.0 Å². The average molecular weight is 567 g/mol. The fraction of sp³-hybridized carbons (Fsp3) is 0.452. The number of hydrogen-bond acceptors (Lipinski definition) is 8. The zero-order valence-corrected chi connectivity index (χ0v) is 24.8. The lowest BCUT2D eigenvalue weighted by atomic mass is 10.1. The molecule has 0 spiro atoms. The largest absolute Gasteiger partial charge is 0.467 e. The van der Waals surface area contributed by atoms with Gasteiger partial charge in [-0.2, -0.15) is 0 Å². The number of aryl methyl sites for hydroxylation is 1. The van der Waals surface area contributed by atoms with E-state index in [1.807, 2.05) is 60.6 Å². The summed E-state index contributed by atoms with van der Waals surface area (Å²) < 4.78 is 17.4. The standard InChI is InChI=1S/C17H22N2O4.C13H16N2O2.CH4/c1-10-13(16(21)23-17(3,4)5)12-8-7-9-18-14(12)19(10)11(2)15(20)22-6;1-8-10(12(16)17-13(2,3)4)9-6-5-7-14-11(9)15-8;/h7-9,11H,1-6H3;5-7H,1-4H3,(H,14,15);1H4. The van der Waals surface area contributed by atoms with E-state index in [1.165, 1.54) is 7.11 Å². The highest BCUT2D eigenvalue weighted by molar-refractivity contribution is 6.06. The number of ether oxygens (including phenoxy) is 3. The van der Waals surface area contributed by atoms with Crippen LogP contribution in [0, 0.1) is 13.8 Å². The minimum absolute atomic E-state index is 0. The van der Waals surface area contributed by atoms with Crippen LogP contribution in [0.3, 0.4) is 0 Å². The van der Waals surface area contributed by atoms with Crippen molar-refractivity contribution in [1.29, 1.82) is 0 Å². The van der Waals surface area contributed by atoms with E-state index in [9.17, 15) is 14.4 Å². The molecule has 4 rings (SSSR count). The molecule has 0 saturated heterocycles. The predicted octanol–water partition coefficient (Wildman–Crippen LogP) is 6.50. The fourth-order valence-corrected chi connectivity index (χ4v) is 4.34. The number of carbonyl (C=O) groups excluding carboxylic acids is 3. The number of methoxy groups -OCH3 is 1. The zero-order chi connectivity index (χ0) is 30.0. The van der Waals surface area contributed by atoms with E-state index in [-0.39, 0.29) is 13.4 Å². The summed E-state index contributed by atoms with van der Waals surface area (Å²) in [6.45, 7) is 16.3. The third-order valence-electron chi connectivity index (χ3n) is 5.90. The smallest absolute Gasteiger partial charge is 0.341 e.